The lowest BCUT2D eigenvalue weighted by Crippen LogP contribution is -2.39. The van der Waals surface area contributed by atoms with Crippen LogP contribution in [0.4, 0.5) is 0 Å². The standard InChI is InChI=1S/C19H27N3OS2/c1-3-20-19(22-13-16(2)18-9-11-24-14-18)21-10-12-25(23)15-17-7-5-4-6-8-17/h4-9,11,14,16H,3,10,12-13,15H2,1-2H3,(H2,20,21,22). The third-order valence-electron chi connectivity index (χ3n) is 3.77. The molecule has 2 unspecified atom stereocenters. The van der Waals surface area contributed by atoms with E-state index in [1.807, 2.05) is 37.3 Å². The Morgan fingerprint density at radius 1 is 1.24 bits per heavy atom. The molecule has 0 fully saturated rings. The molecule has 4 nitrogen and oxygen atoms in total. The van der Waals surface area contributed by atoms with Crippen LogP contribution < -0.4 is 10.6 Å². The maximum atomic E-state index is 12.2. The second kappa shape index (κ2) is 11.1. The van der Waals surface area contributed by atoms with Crippen molar-refractivity contribution >= 4 is 28.1 Å². The van der Waals surface area contributed by atoms with Crippen molar-refractivity contribution in [3.63, 3.8) is 0 Å². The van der Waals surface area contributed by atoms with Gasteiger partial charge in [-0.25, -0.2) is 0 Å². The van der Waals surface area contributed by atoms with Crippen molar-refractivity contribution in [2.75, 3.05) is 25.4 Å². The van der Waals surface area contributed by atoms with Crippen LogP contribution in [-0.4, -0.2) is 35.6 Å². The Morgan fingerprint density at radius 2 is 2.04 bits per heavy atom. The third-order valence-corrected chi connectivity index (χ3v) is 5.79. The van der Waals surface area contributed by atoms with Crippen LogP contribution in [0, 0.1) is 0 Å². The van der Waals surface area contributed by atoms with Gasteiger partial charge >= 0.3 is 0 Å². The zero-order valence-electron chi connectivity index (χ0n) is 14.9. The summed E-state index contributed by atoms with van der Waals surface area (Å²) in [6.45, 7) is 6.43. The fraction of sp³-hybridized carbons (Fsp3) is 0.421. The maximum absolute atomic E-state index is 12.2. The molecule has 0 amide bonds. The van der Waals surface area contributed by atoms with E-state index >= 15 is 0 Å². The van der Waals surface area contributed by atoms with Crippen LogP contribution >= 0.6 is 11.3 Å². The minimum Gasteiger partial charge on any atom is -0.357 e. The van der Waals surface area contributed by atoms with Crippen LogP contribution in [0.25, 0.3) is 0 Å². The van der Waals surface area contributed by atoms with Crippen LogP contribution in [0.1, 0.15) is 30.9 Å². The first-order valence-electron chi connectivity index (χ1n) is 8.62. The van der Waals surface area contributed by atoms with Crippen molar-refractivity contribution in [2.45, 2.75) is 25.5 Å². The summed E-state index contributed by atoms with van der Waals surface area (Å²) in [5.41, 5.74) is 2.44. The van der Waals surface area contributed by atoms with Gasteiger partial charge in [0.25, 0.3) is 0 Å². The minimum atomic E-state index is -0.872. The van der Waals surface area contributed by atoms with E-state index < -0.39 is 10.8 Å². The van der Waals surface area contributed by atoms with Crippen molar-refractivity contribution in [2.24, 2.45) is 4.99 Å². The van der Waals surface area contributed by atoms with Crippen LogP contribution in [0.15, 0.2) is 52.2 Å². The topological polar surface area (TPSA) is 53.5 Å². The van der Waals surface area contributed by atoms with Crippen LogP contribution in [0.2, 0.25) is 0 Å². The van der Waals surface area contributed by atoms with E-state index in [4.69, 9.17) is 0 Å². The molecule has 1 aromatic heterocycles. The van der Waals surface area contributed by atoms with E-state index in [0.29, 0.717) is 24.0 Å². The first-order chi connectivity index (χ1) is 12.2. The second-order valence-corrected chi connectivity index (χ2v) is 8.23. The molecule has 0 saturated carbocycles. The van der Waals surface area contributed by atoms with Crippen molar-refractivity contribution in [1.29, 1.82) is 0 Å². The van der Waals surface area contributed by atoms with E-state index in [1.54, 1.807) is 11.3 Å². The summed E-state index contributed by atoms with van der Waals surface area (Å²) in [7, 11) is -0.872. The summed E-state index contributed by atoms with van der Waals surface area (Å²) in [5.74, 6) is 2.40. The largest absolute Gasteiger partial charge is 0.357 e. The molecule has 0 aliphatic rings. The first-order valence-corrected chi connectivity index (χ1v) is 11.0. The van der Waals surface area contributed by atoms with Gasteiger partial charge in [0.1, 0.15) is 0 Å². The third kappa shape index (κ3) is 7.40. The second-order valence-electron chi connectivity index (χ2n) is 5.88. The Hall–Kier alpha value is -1.66. The lowest BCUT2D eigenvalue weighted by Gasteiger charge is -2.13. The summed E-state index contributed by atoms with van der Waals surface area (Å²) in [6.07, 6.45) is 0. The highest BCUT2D eigenvalue weighted by molar-refractivity contribution is 7.84. The van der Waals surface area contributed by atoms with Gasteiger partial charge in [0.05, 0.1) is 0 Å². The summed E-state index contributed by atoms with van der Waals surface area (Å²) in [4.78, 5) is 4.65. The average molecular weight is 378 g/mol. The summed E-state index contributed by atoms with van der Waals surface area (Å²) >= 11 is 1.72. The molecule has 0 aliphatic heterocycles. The van der Waals surface area contributed by atoms with Crippen LogP contribution in [0.5, 0.6) is 0 Å². The molecule has 2 atom stereocenters. The molecular weight excluding hydrogens is 350 g/mol. The zero-order valence-corrected chi connectivity index (χ0v) is 16.5. The molecule has 25 heavy (non-hydrogen) atoms. The quantitative estimate of drug-likeness (QED) is 0.520. The van der Waals surface area contributed by atoms with Gasteiger partial charge in [0, 0.05) is 47.9 Å². The number of hydrogen-bond acceptors (Lipinski definition) is 3. The number of thiophene rings is 1. The number of nitrogens with one attached hydrogen (secondary N) is 2. The fourth-order valence-corrected chi connectivity index (χ4v) is 4.17. The minimum absolute atomic E-state index is 0.397. The number of guanidine groups is 1. The van der Waals surface area contributed by atoms with Gasteiger partial charge in [-0.05, 0) is 34.9 Å². The van der Waals surface area contributed by atoms with Gasteiger partial charge in [-0.15, -0.1) is 0 Å². The highest BCUT2D eigenvalue weighted by atomic mass is 32.2. The Kier molecular flexibility index (Phi) is 8.69. The van der Waals surface area contributed by atoms with Crippen molar-refractivity contribution in [3.8, 4) is 0 Å². The normalized spacial score (nSPS) is 14.1. The van der Waals surface area contributed by atoms with Gasteiger partial charge < -0.3 is 10.6 Å². The van der Waals surface area contributed by atoms with E-state index in [-0.39, 0.29) is 0 Å². The predicted molar refractivity (Wildman–Crippen MR) is 110 cm³/mol. The summed E-state index contributed by atoms with van der Waals surface area (Å²) in [6, 6.07) is 12.1. The Bertz CT molecular complexity index is 657. The van der Waals surface area contributed by atoms with Crippen molar-refractivity contribution in [1.82, 2.24) is 10.6 Å². The molecule has 0 aliphatic carbocycles. The van der Waals surface area contributed by atoms with E-state index in [1.165, 1.54) is 5.56 Å². The smallest absolute Gasteiger partial charge is 0.191 e. The maximum Gasteiger partial charge on any atom is 0.191 e. The molecule has 2 N–H and O–H groups in total. The molecule has 0 radical (unpaired) electrons. The Balaban J connectivity index is 1.76. The van der Waals surface area contributed by atoms with Crippen LogP contribution in [0.3, 0.4) is 0 Å². The molecule has 2 rings (SSSR count). The molecule has 0 spiro atoms. The fourth-order valence-electron chi connectivity index (χ4n) is 2.35. The van der Waals surface area contributed by atoms with Gasteiger partial charge in [0.2, 0.25) is 0 Å². The van der Waals surface area contributed by atoms with Gasteiger partial charge in [-0.1, -0.05) is 37.3 Å². The molecule has 2 aromatic rings. The number of nitrogens with zero attached hydrogens (tertiary/aromatic N) is 1. The molecule has 0 bridgehead atoms. The lowest BCUT2D eigenvalue weighted by molar-refractivity contribution is 0.680. The monoisotopic (exact) mass is 377 g/mol. The van der Waals surface area contributed by atoms with Gasteiger partial charge in [0.15, 0.2) is 5.96 Å². The SMILES string of the molecule is CCNC(=NCC(C)c1ccsc1)NCCS(=O)Cc1ccccc1. The molecular formula is C19H27N3OS2. The van der Waals surface area contributed by atoms with Gasteiger partial charge in [-0.3, -0.25) is 9.20 Å². The Labute approximate surface area is 157 Å². The molecule has 1 heterocycles. The number of aliphatic imine (C=N–C) groups is 1. The lowest BCUT2D eigenvalue weighted by atomic mass is 10.1. The zero-order chi connectivity index (χ0) is 17.9. The van der Waals surface area contributed by atoms with E-state index in [0.717, 1.165) is 24.6 Å². The van der Waals surface area contributed by atoms with Gasteiger partial charge in [-0.2, -0.15) is 11.3 Å². The van der Waals surface area contributed by atoms with E-state index in [2.05, 4.69) is 39.4 Å². The molecule has 1 aromatic carbocycles. The summed E-state index contributed by atoms with van der Waals surface area (Å²) < 4.78 is 12.2. The van der Waals surface area contributed by atoms with E-state index in [9.17, 15) is 4.21 Å². The predicted octanol–water partition coefficient (Wildman–Crippen LogP) is 3.36. The number of rotatable bonds is 9. The van der Waals surface area contributed by atoms with Crippen molar-refractivity contribution < 1.29 is 4.21 Å². The first kappa shape index (κ1) is 19.7. The highest BCUT2D eigenvalue weighted by Gasteiger charge is 2.06. The molecule has 6 heteroatoms. The summed E-state index contributed by atoms with van der Waals surface area (Å²) in [5, 5.41) is 10.8. The molecule has 0 saturated heterocycles. The molecule has 136 valence electrons. The Morgan fingerprint density at radius 3 is 2.72 bits per heavy atom. The number of hydrogen-bond donors (Lipinski definition) is 2. The highest BCUT2D eigenvalue weighted by Crippen LogP contribution is 2.18. The van der Waals surface area contributed by atoms with Crippen molar-refractivity contribution in [3.05, 3.63) is 58.3 Å². The van der Waals surface area contributed by atoms with Crippen LogP contribution in [-0.2, 0) is 16.6 Å². The number of benzene rings is 1. The average Bonchev–Trinajstić information content (AvgIpc) is 3.15.